The molecule has 12 amide bonds. The number of halogens is 1. The lowest BCUT2D eigenvalue weighted by Gasteiger charge is -2.31. The van der Waals surface area contributed by atoms with E-state index in [9.17, 15) is 43.5 Å². The molecule has 33 heteroatoms. The van der Waals surface area contributed by atoms with Crippen LogP contribution in [0.4, 0.5) is 0 Å². The highest BCUT2D eigenvalue weighted by molar-refractivity contribution is 6.30. The molecule has 5 aromatic rings. The van der Waals surface area contributed by atoms with Crippen molar-refractivity contribution in [2.75, 3.05) is 19.6 Å². The first-order valence-corrected chi connectivity index (χ1v) is 34.1. The number of hydrogen-bond acceptors (Lipinski definition) is 16. The van der Waals surface area contributed by atoms with Gasteiger partial charge in [-0.05, 0) is 114 Å². The lowest BCUT2D eigenvalue weighted by molar-refractivity contribution is -0.143. The van der Waals surface area contributed by atoms with Gasteiger partial charge in [-0.2, -0.15) is 0 Å². The summed E-state index contributed by atoms with van der Waals surface area (Å²) < 4.78 is 0. The van der Waals surface area contributed by atoms with E-state index in [0.717, 1.165) is 10.8 Å². The van der Waals surface area contributed by atoms with Crippen molar-refractivity contribution in [2.24, 2.45) is 23.1 Å². The number of nitrogens with one attached hydrogen (secondary N) is 14. The zero-order valence-corrected chi connectivity index (χ0v) is 58.0. The number of nitrogens with zero attached hydrogens (tertiary/aromatic N) is 2. The van der Waals surface area contributed by atoms with E-state index in [-0.39, 0.29) is 101 Å². The lowest BCUT2D eigenvalue weighted by atomic mass is 9.99. The molecule has 103 heavy (non-hydrogen) atoms. The molecular formula is C70H90ClN19O13. The molecule has 0 spiro atoms. The maximum absolute atomic E-state index is 15.3. The monoisotopic (exact) mass is 1440 g/mol. The maximum Gasteiger partial charge on any atom is 0.260 e. The van der Waals surface area contributed by atoms with E-state index < -0.39 is 150 Å². The number of hydrogen-bond donors (Lipinski definition) is 18. The molecule has 4 aromatic carbocycles. The Labute approximate surface area is 599 Å². The average molecular weight is 1440 g/mol. The number of aromatic nitrogens is 1. The number of phenols is 1. The third-order valence-corrected chi connectivity index (χ3v) is 17.3. The van der Waals surface area contributed by atoms with Crippen LogP contribution < -0.4 is 81.0 Å². The average Bonchev–Trinajstić information content (AvgIpc) is 1.79. The van der Waals surface area contributed by atoms with Gasteiger partial charge in [0, 0.05) is 69.7 Å². The van der Waals surface area contributed by atoms with E-state index >= 15 is 19.2 Å². The minimum atomic E-state index is -2.09. The van der Waals surface area contributed by atoms with Crippen molar-refractivity contribution in [3.63, 3.8) is 0 Å². The van der Waals surface area contributed by atoms with Gasteiger partial charge in [-0.3, -0.25) is 73.3 Å². The summed E-state index contributed by atoms with van der Waals surface area (Å²) in [5.74, 6) is -13.0. The van der Waals surface area contributed by atoms with Gasteiger partial charge in [0.1, 0.15) is 60.1 Å². The molecule has 0 aliphatic carbocycles. The predicted octanol–water partition coefficient (Wildman–Crippen LogP) is -1.23. The number of aromatic hydroxyl groups is 1. The Balaban J connectivity index is 1.29. The Morgan fingerprint density at radius 1 is 0.612 bits per heavy atom. The van der Waals surface area contributed by atoms with E-state index in [1.807, 2.05) is 36.4 Å². The van der Waals surface area contributed by atoms with Crippen LogP contribution in [0.3, 0.4) is 0 Å². The number of primary amides is 1. The SMILES string of the molecule is CC(=O)N[C@H](Cc1ccc2ccccc2c1)C(=O)N[C@H](Cc1ccc(Cl)cc1)C(=O)N[C@H](Cc1cccnc1)C(=O)N[C@H]1CC(=O)NC(C(N)=O)NC(=O)[C@@H]2CCCN2C(=O)[C@H](CCCNC(=N)N)NC(=O)[C@H](CC(C)C)NC(=O)[C@@H](CCCNC(=N)N)NC(=O)[C@H](Cc2ccc(O)cc2)NC1=O. The van der Waals surface area contributed by atoms with Crippen LogP contribution in [0.2, 0.25) is 5.02 Å². The summed E-state index contributed by atoms with van der Waals surface area (Å²) in [5, 5.41) is 59.2. The molecule has 2 aliphatic rings. The maximum atomic E-state index is 15.3. The normalized spacial score (nSPS) is 20.2. The minimum Gasteiger partial charge on any atom is -0.508 e. The summed E-state index contributed by atoms with van der Waals surface area (Å²) in [4.78, 5) is 180. The second-order valence-corrected chi connectivity index (χ2v) is 26.2. The summed E-state index contributed by atoms with van der Waals surface area (Å²) in [6.45, 7) is 4.84. The van der Waals surface area contributed by atoms with Crippen molar-refractivity contribution in [1.82, 2.24) is 73.7 Å². The van der Waals surface area contributed by atoms with Crippen LogP contribution in [0.25, 0.3) is 10.8 Å². The van der Waals surface area contributed by atoms with Gasteiger partial charge >= 0.3 is 0 Å². The van der Waals surface area contributed by atoms with Crippen LogP contribution in [-0.4, -0.2) is 178 Å². The van der Waals surface area contributed by atoms with Gasteiger partial charge in [-0.1, -0.05) is 98.2 Å². The summed E-state index contributed by atoms with van der Waals surface area (Å²) in [6.07, 6.45) is -1.12. The van der Waals surface area contributed by atoms with E-state index in [2.05, 4.69) is 68.8 Å². The third kappa shape index (κ3) is 25.0. The Morgan fingerprint density at radius 2 is 1.17 bits per heavy atom. The first-order valence-electron chi connectivity index (χ1n) is 33.7. The number of rotatable bonds is 26. The van der Waals surface area contributed by atoms with Crippen LogP contribution in [0, 0.1) is 16.7 Å². The van der Waals surface area contributed by atoms with Gasteiger partial charge in [0.15, 0.2) is 18.1 Å². The predicted molar refractivity (Wildman–Crippen MR) is 380 cm³/mol. The topological polar surface area (TPSA) is 511 Å². The number of phenolic OH excluding ortho intramolecular Hbond substituents is 1. The Morgan fingerprint density at radius 3 is 1.79 bits per heavy atom. The van der Waals surface area contributed by atoms with Crippen LogP contribution in [0.15, 0.2) is 116 Å². The summed E-state index contributed by atoms with van der Waals surface area (Å²) in [7, 11) is 0. The Kier molecular flexibility index (Phi) is 29.4. The van der Waals surface area contributed by atoms with Gasteiger partial charge in [-0.15, -0.1) is 0 Å². The van der Waals surface area contributed by atoms with Crippen molar-refractivity contribution in [2.45, 2.75) is 158 Å². The van der Waals surface area contributed by atoms with Crippen molar-refractivity contribution in [3.8, 4) is 5.75 Å². The van der Waals surface area contributed by atoms with E-state index in [1.165, 1.54) is 48.5 Å². The van der Waals surface area contributed by atoms with E-state index in [0.29, 0.717) is 27.3 Å². The molecule has 0 saturated carbocycles. The smallest absolute Gasteiger partial charge is 0.260 e. The number of fused-ring (bicyclic) bond motifs is 2. The quantitative estimate of drug-likeness (QED) is 0.0175. The minimum absolute atomic E-state index is 0.0143. The number of benzene rings is 4. The van der Waals surface area contributed by atoms with Crippen molar-refractivity contribution >= 4 is 105 Å². The number of carbonyl (C=O) groups is 12. The second kappa shape index (κ2) is 38.4. The van der Waals surface area contributed by atoms with Gasteiger partial charge in [0.05, 0.1) is 6.42 Å². The van der Waals surface area contributed by atoms with Gasteiger partial charge in [-0.25, -0.2) is 0 Å². The first-order chi connectivity index (χ1) is 49.1. The zero-order valence-electron chi connectivity index (χ0n) is 57.3. The van der Waals surface area contributed by atoms with Gasteiger partial charge < -0.3 is 91.0 Å². The highest BCUT2D eigenvalue weighted by atomic mass is 35.5. The molecule has 0 bridgehead atoms. The zero-order chi connectivity index (χ0) is 74.9. The molecule has 7 rings (SSSR count). The van der Waals surface area contributed by atoms with Crippen LogP contribution in [0.1, 0.15) is 94.4 Å². The molecule has 3 heterocycles. The fourth-order valence-electron chi connectivity index (χ4n) is 11.9. The van der Waals surface area contributed by atoms with Crippen molar-refractivity contribution in [3.05, 3.63) is 143 Å². The molecule has 32 nitrogen and oxygen atoms in total. The number of nitrogens with two attached hydrogens (primary N) is 3. The molecule has 10 atom stereocenters. The summed E-state index contributed by atoms with van der Waals surface area (Å²) in [5.41, 5.74) is 18.8. The van der Waals surface area contributed by atoms with Crippen LogP contribution in [-0.2, 0) is 83.2 Å². The standard InChI is InChI=1S/C70H90ClN19O13/c1-38(2)30-50-61(96)82-49(14-8-28-79-70(75)76)68(103)90-29-9-15-56(90)67(102)89-59(58(72)94)88-57(93)36-55(66(101)85-52(33-41-19-24-47(92)25-20-41)63(98)81-48(60(95)83-50)13-7-27-78-69(73)74)87-65(100)54(35-43-10-6-26-77-37-43)86-64(99)53(32-40-17-22-46(71)23-18-40)84-62(97)51(80-39(3)91)34-42-16-21-44-11-4-5-12-45(44)31-42/h4-6,10-12,16-26,31,37-38,48-56,59,92H,7-9,13-15,27-30,32-36H2,1-3H3,(H2,72,94)(H,80,91)(H,81,98)(H,82,96)(H,83,95)(H,84,97)(H,85,101)(H,86,99)(H,87,100)(H,88,93)(H,89,102)(H4,73,74,78)(H4,75,76,79)/t48-,49+,50+,51-,52+,53-,54-,55+,56+,59?/m1/s1. The Hall–Kier alpha value is -11.4. The first kappa shape index (κ1) is 78.9. The fraction of sp³-hybridized carbons (Fsp3) is 0.414. The van der Waals surface area contributed by atoms with Crippen molar-refractivity contribution < 1.29 is 62.6 Å². The molecule has 2 aliphatic heterocycles. The number of amides is 12. The molecule has 1 aromatic heterocycles. The van der Waals surface area contributed by atoms with Crippen molar-refractivity contribution in [1.29, 1.82) is 10.8 Å². The van der Waals surface area contributed by atoms with Gasteiger partial charge in [0.25, 0.3) is 5.91 Å². The van der Waals surface area contributed by atoms with E-state index in [4.69, 9.17) is 39.6 Å². The van der Waals surface area contributed by atoms with Crippen LogP contribution in [0.5, 0.6) is 5.75 Å². The number of carbonyl (C=O) groups excluding carboxylic acids is 12. The highest BCUT2D eigenvalue weighted by Crippen LogP contribution is 2.23. The molecule has 2 saturated heterocycles. The third-order valence-electron chi connectivity index (χ3n) is 17.0. The molecule has 1 unspecified atom stereocenters. The molecule has 21 N–H and O–H groups in total. The summed E-state index contributed by atoms with van der Waals surface area (Å²) >= 11 is 6.27. The highest BCUT2D eigenvalue weighted by Gasteiger charge is 2.41. The molecule has 2 fully saturated rings. The molecular weight excluding hydrogens is 1350 g/mol. The molecule has 0 radical (unpaired) electrons. The molecule has 550 valence electrons. The van der Waals surface area contributed by atoms with Gasteiger partial charge in [0.2, 0.25) is 65.0 Å². The second-order valence-electron chi connectivity index (χ2n) is 25.7. The largest absolute Gasteiger partial charge is 0.508 e. The fourth-order valence-corrected chi connectivity index (χ4v) is 12.0. The Bertz CT molecular complexity index is 3890. The summed E-state index contributed by atoms with van der Waals surface area (Å²) in [6, 6.07) is 14.1. The lowest BCUT2D eigenvalue weighted by Crippen LogP contribution is -2.63. The van der Waals surface area contributed by atoms with Crippen LogP contribution >= 0.6 is 11.6 Å². The van der Waals surface area contributed by atoms with E-state index in [1.54, 1.807) is 56.3 Å². The number of pyridine rings is 1. The number of guanidine groups is 2.